The number of nitrogens with one attached hydrogen (secondary N) is 1. The first kappa shape index (κ1) is 16.0. The zero-order valence-corrected chi connectivity index (χ0v) is 11.5. The molecule has 6 heteroatoms. The highest BCUT2D eigenvalue weighted by molar-refractivity contribution is 5.16. The van der Waals surface area contributed by atoms with Crippen LogP contribution in [0, 0.1) is 0 Å². The summed E-state index contributed by atoms with van der Waals surface area (Å²) < 4.78 is 42.5. The average molecular weight is 278 g/mol. The van der Waals surface area contributed by atoms with Gasteiger partial charge in [0.05, 0.1) is 19.4 Å². The minimum absolute atomic E-state index is 0.179. The molecule has 1 N–H and O–H groups in total. The lowest BCUT2D eigenvalue weighted by atomic mass is 10.2. The highest BCUT2D eigenvalue weighted by Gasteiger charge is 2.30. The number of halogens is 3. The van der Waals surface area contributed by atoms with Crippen LogP contribution in [0.5, 0.6) is 0 Å². The smallest absolute Gasteiger partial charge is 0.401 e. The lowest BCUT2D eigenvalue weighted by Crippen LogP contribution is -2.34. The van der Waals surface area contributed by atoms with Crippen molar-refractivity contribution in [3.05, 3.63) is 23.7 Å². The molecule has 0 aliphatic rings. The molecule has 0 aliphatic carbocycles. The van der Waals surface area contributed by atoms with Gasteiger partial charge in [0.15, 0.2) is 0 Å². The third-order valence-electron chi connectivity index (χ3n) is 2.76. The van der Waals surface area contributed by atoms with Crippen LogP contribution in [0.25, 0.3) is 0 Å². The second kappa shape index (κ2) is 6.96. The summed E-state index contributed by atoms with van der Waals surface area (Å²) in [7, 11) is 0. The van der Waals surface area contributed by atoms with Crippen LogP contribution in [-0.2, 0) is 13.1 Å². The third kappa shape index (κ3) is 6.11. The molecule has 0 amide bonds. The van der Waals surface area contributed by atoms with Crippen molar-refractivity contribution in [3.63, 3.8) is 0 Å². The second-order valence-corrected chi connectivity index (χ2v) is 4.82. The summed E-state index contributed by atoms with van der Waals surface area (Å²) in [4.78, 5) is 1.32. The van der Waals surface area contributed by atoms with Gasteiger partial charge in [-0.15, -0.1) is 0 Å². The van der Waals surface area contributed by atoms with Gasteiger partial charge in [-0.05, 0) is 12.6 Å². The fourth-order valence-electron chi connectivity index (χ4n) is 1.71. The molecule has 3 nitrogen and oxygen atoms in total. The maximum Gasteiger partial charge on any atom is 0.401 e. The van der Waals surface area contributed by atoms with Crippen LogP contribution >= 0.6 is 0 Å². The second-order valence-electron chi connectivity index (χ2n) is 4.82. The Morgan fingerprint density at radius 3 is 2.58 bits per heavy atom. The number of rotatable bonds is 7. The average Bonchev–Trinajstić information content (AvgIpc) is 2.71. The topological polar surface area (TPSA) is 28.4 Å². The van der Waals surface area contributed by atoms with Gasteiger partial charge in [-0.3, -0.25) is 4.90 Å². The van der Waals surface area contributed by atoms with E-state index in [-0.39, 0.29) is 6.54 Å². The van der Waals surface area contributed by atoms with E-state index in [4.69, 9.17) is 4.42 Å². The maximum absolute atomic E-state index is 12.4. The van der Waals surface area contributed by atoms with E-state index in [1.54, 1.807) is 13.0 Å². The van der Waals surface area contributed by atoms with Crippen molar-refractivity contribution in [2.45, 2.75) is 46.1 Å². The maximum atomic E-state index is 12.4. The SMILES string of the molecule is CCN(Cc1occc1CNC(C)C)CC(F)(F)F. The van der Waals surface area contributed by atoms with Crippen LogP contribution in [0.1, 0.15) is 32.1 Å². The van der Waals surface area contributed by atoms with Crippen molar-refractivity contribution < 1.29 is 17.6 Å². The molecule has 0 bridgehead atoms. The predicted octanol–water partition coefficient (Wildman–Crippen LogP) is 3.16. The number of furan rings is 1. The Labute approximate surface area is 111 Å². The molecule has 1 rings (SSSR count). The van der Waals surface area contributed by atoms with Crippen molar-refractivity contribution in [2.75, 3.05) is 13.1 Å². The van der Waals surface area contributed by atoms with Crippen molar-refractivity contribution >= 4 is 0 Å². The van der Waals surface area contributed by atoms with E-state index in [1.807, 2.05) is 13.8 Å². The summed E-state index contributed by atoms with van der Waals surface area (Å²) in [5.74, 6) is 0.597. The highest BCUT2D eigenvalue weighted by atomic mass is 19.4. The number of hydrogen-bond acceptors (Lipinski definition) is 3. The standard InChI is InChI=1S/C13H21F3N2O/c1-4-18(9-13(14,15)16)8-12-11(5-6-19-12)7-17-10(2)3/h5-6,10,17H,4,7-9H2,1-3H3. The van der Waals surface area contributed by atoms with Gasteiger partial charge in [0.25, 0.3) is 0 Å². The van der Waals surface area contributed by atoms with Crippen molar-refractivity contribution in [3.8, 4) is 0 Å². The van der Waals surface area contributed by atoms with Gasteiger partial charge in [0, 0.05) is 18.2 Å². The lowest BCUT2D eigenvalue weighted by molar-refractivity contribution is -0.147. The van der Waals surface area contributed by atoms with Crippen LogP contribution < -0.4 is 5.32 Å². The minimum Gasteiger partial charge on any atom is -0.468 e. The molecule has 0 saturated carbocycles. The van der Waals surface area contributed by atoms with E-state index in [0.717, 1.165) is 5.56 Å². The van der Waals surface area contributed by atoms with Crippen molar-refractivity contribution in [1.29, 1.82) is 0 Å². The lowest BCUT2D eigenvalue weighted by Gasteiger charge is -2.21. The van der Waals surface area contributed by atoms with Crippen LogP contribution in [0.3, 0.4) is 0 Å². The Bertz CT molecular complexity index is 374. The summed E-state index contributed by atoms with van der Waals surface area (Å²) in [6, 6.07) is 2.12. The molecule has 0 radical (unpaired) electrons. The normalized spacial score (nSPS) is 12.6. The molecule has 1 aromatic rings. The van der Waals surface area contributed by atoms with Gasteiger partial charge in [-0.2, -0.15) is 13.2 Å². The molecular formula is C13H21F3N2O. The van der Waals surface area contributed by atoms with Crippen molar-refractivity contribution in [2.24, 2.45) is 0 Å². The van der Waals surface area contributed by atoms with Crippen LogP contribution in [0.15, 0.2) is 16.7 Å². The van der Waals surface area contributed by atoms with E-state index >= 15 is 0 Å². The molecule has 19 heavy (non-hydrogen) atoms. The van der Waals surface area contributed by atoms with E-state index in [2.05, 4.69) is 5.32 Å². The van der Waals surface area contributed by atoms with Crippen LogP contribution in [-0.4, -0.2) is 30.2 Å². The molecule has 110 valence electrons. The van der Waals surface area contributed by atoms with E-state index in [0.29, 0.717) is 24.9 Å². The summed E-state index contributed by atoms with van der Waals surface area (Å²) in [5.41, 5.74) is 0.911. The summed E-state index contributed by atoms with van der Waals surface area (Å²) >= 11 is 0. The first-order valence-corrected chi connectivity index (χ1v) is 6.39. The van der Waals surface area contributed by atoms with E-state index in [9.17, 15) is 13.2 Å². The number of hydrogen-bond donors (Lipinski definition) is 1. The van der Waals surface area contributed by atoms with Gasteiger partial charge >= 0.3 is 6.18 Å². The number of alkyl halides is 3. The predicted molar refractivity (Wildman–Crippen MR) is 67.7 cm³/mol. The fraction of sp³-hybridized carbons (Fsp3) is 0.692. The van der Waals surface area contributed by atoms with Gasteiger partial charge in [0.1, 0.15) is 5.76 Å². The summed E-state index contributed by atoms with van der Waals surface area (Å²) in [6.07, 6.45) is -2.66. The molecule has 0 unspecified atom stereocenters. The molecule has 0 aliphatic heterocycles. The first-order chi connectivity index (χ1) is 8.81. The van der Waals surface area contributed by atoms with Gasteiger partial charge < -0.3 is 9.73 Å². The molecule has 0 fully saturated rings. The van der Waals surface area contributed by atoms with Gasteiger partial charge in [-0.25, -0.2) is 0 Å². The third-order valence-corrected chi connectivity index (χ3v) is 2.76. The minimum atomic E-state index is -4.18. The van der Waals surface area contributed by atoms with Crippen molar-refractivity contribution in [1.82, 2.24) is 10.2 Å². The molecule has 0 saturated heterocycles. The monoisotopic (exact) mass is 278 g/mol. The number of nitrogens with zero attached hydrogens (tertiary/aromatic N) is 1. The molecule has 1 aromatic heterocycles. The molecular weight excluding hydrogens is 257 g/mol. The Kier molecular flexibility index (Phi) is 5.87. The van der Waals surface area contributed by atoms with Crippen LogP contribution in [0.4, 0.5) is 13.2 Å². The fourth-order valence-corrected chi connectivity index (χ4v) is 1.71. The van der Waals surface area contributed by atoms with Crippen LogP contribution in [0.2, 0.25) is 0 Å². The molecule has 1 heterocycles. The zero-order valence-electron chi connectivity index (χ0n) is 11.5. The Balaban J connectivity index is 2.62. The quantitative estimate of drug-likeness (QED) is 0.830. The summed E-state index contributed by atoms with van der Waals surface area (Å²) in [5, 5.41) is 3.23. The van der Waals surface area contributed by atoms with E-state index in [1.165, 1.54) is 11.2 Å². The first-order valence-electron chi connectivity index (χ1n) is 6.39. The summed E-state index contributed by atoms with van der Waals surface area (Å²) in [6.45, 7) is 5.94. The van der Waals surface area contributed by atoms with Gasteiger partial charge in [0.2, 0.25) is 0 Å². The highest BCUT2D eigenvalue weighted by Crippen LogP contribution is 2.19. The molecule has 0 atom stereocenters. The Hall–Kier alpha value is -1.01. The Morgan fingerprint density at radius 2 is 2.05 bits per heavy atom. The van der Waals surface area contributed by atoms with E-state index < -0.39 is 12.7 Å². The Morgan fingerprint density at radius 1 is 1.37 bits per heavy atom. The zero-order chi connectivity index (χ0) is 14.5. The van der Waals surface area contributed by atoms with Gasteiger partial charge in [-0.1, -0.05) is 20.8 Å². The molecule has 0 aromatic carbocycles. The largest absolute Gasteiger partial charge is 0.468 e. The molecule has 0 spiro atoms.